The van der Waals surface area contributed by atoms with Crippen LogP contribution in [0, 0.1) is 10.1 Å². The first-order valence-electron chi connectivity index (χ1n) is 5.66. The van der Waals surface area contributed by atoms with Crippen LogP contribution in [0.15, 0.2) is 35.6 Å². The molecule has 0 aliphatic rings. The van der Waals surface area contributed by atoms with Gasteiger partial charge in [0, 0.05) is 11.9 Å². The Hall–Kier alpha value is -2.50. The maximum absolute atomic E-state index is 12.2. The van der Waals surface area contributed by atoms with Crippen LogP contribution in [0.5, 0.6) is 0 Å². The van der Waals surface area contributed by atoms with Crippen molar-refractivity contribution in [3.05, 3.63) is 46.5 Å². The highest BCUT2D eigenvalue weighted by Gasteiger charge is 2.28. The van der Waals surface area contributed by atoms with E-state index in [0.717, 1.165) is 6.07 Å². The highest BCUT2D eigenvalue weighted by molar-refractivity contribution is 7.89. The number of H-pyrrole nitrogens is 1. The van der Waals surface area contributed by atoms with Gasteiger partial charge >= 0.3 is 5.69 Å². The molecule has 1 aromatic heterocycles. The number of hydrogen-bond acceptors (Lipinski definition) is 7. The lowest BCUT2D eigenvalue weighted by molar-refractivity contribution is -0.386. The number of nitrogens with two attached hydrogens (primary N) is 1. The molecule has 0 bridgehead atoms. The van der Waals surface area contributed by atoms with E-state index in [1.165, 1.54) is 24.7 Å². The number of hydrogen-bond donors (Lipinski definition) is 4. The number of imidazole rings is 1. The molecule has 0 aliphatic carbocycles. The standard InChI is InChI=1S/C10H12N6O4S/c11-15-8-2-1-3-9(10(8)16(17)18)21(19,20)14-5-7-4-12-6-13-7/h1-4,6,14-15H,5,11H2,(H,12,13). The van der Waals surface area contributed by atoms with E-state index in [4.69, 9.17) is 5.84 Å². The molecule has 0 radical (unpaired) electrons. The fraction of sp³-hybridized carbons (Fsp3) is 0.100. The summed E-state index contributed by atoms with van der Waals surface area (Å²) in [5.74, 6) is 5.17. The van der Waals surface area contributed by atoms with Crippen LogP contribution in [0.1, 0.15) is 5.69 Å². The van der Waals surface area contributed by atoms with E-state index < -0.39 is 25.5 Å². The summed E-state index contributed by atoms with van der Waals surface area (Å²) in [6.07, 6.45) is 2.83. The van der Waals surface area contributed by atoms with Gasteiger partial charge in [-0.15, -0.1) is 0 Å². The first kappa shape index (κ1) is 14.9. The molecule has 5 N–H and O–H groups in total. The molecule has 0 aliphatic heterocycles. The van der Waals surface area contributed by atoms with Crippen LogP contribution in [0.3, 0.4) is 0 Å². The van der Waals surface area contributed by atoms with Crippen molar-refractivity contribution in [3.63, 3.8) is 0 Å². The smallest absolute Gasteiger partial charge is 0.313 e. The molecular weight excluding hydrogens is 300 g/mol. The molecule has 1 heterocycles. The first-order chi connectivity index (χ1) is 9.95. The number of nitrogens with zero attached hydrogens (tertiary/aromatic N) is 2. The van der Waals surface area contributed by atoms with E-state index in [2.05, 4.69) is 20.1 Å². The normalized spacial score (nSPS) is 11.3. The fourth-order valence-electron chi connectivity index (χ4n) is 1.68. The lowest BCUT2D eigenvalue weighted by Crippen LogP contribution is -2.24. The third-order valence-electron chi connectivity index (χ3n) is 2.63. The van der Waals surface area contributed by atoms with Crippen LogP contribution in [-0.4, -0.2) is 23.3 Å². The number of nitrogens with one attached hydrogen (secondary N) is 3. The minimum Gasteiger partial charge on any atom is -0.347 e. The van der Waals surface area contributed by atoms with Crippen LogP contribution in [0.4, 0.5) is 11.4 Å². The summed E-state index contributed by atoms with van der Waals surface area (Å²) >= 11 is 0. The van der Waals surface area contributed by atoms with Crippen molar-refractivity contribution in [2.75, 3.05) is 5.43 Å². The zero-order valence-electron chi connectivity index (χ0n) is 10.6. The van der Waals surface area contributed by atoms with E-state index in [-0.39, 0.29) is 12.2 Å². The summed E-state index contributed by atoms with van der Waals surface area (Å²) in [6.45, 7) is -0.0697. The molecule has 0 spiro atoms. The van der Waals surface area contributed by atoms with Crippen LogP contribution >= 0.6 is 0 Å². The zero-order chi connectivity index (χ0) is 15.5. The topological polar surface area (TPSA) is 156 Å². The fourth-order valence-corrected chi connectivity index (χ4v) is 2.87. The van der Waals surface area contributed by atoms with Crippen molar-refractivity contribution in [2.24, 2.45) is 5.84 Å². The Kier molecular flexibility index (Phi) is 4.16. The van der Waals surface area contributed by atoms with E-state index in [1.807, 2.05) is 0 Å². The molecule has 112 valence electrons. The van der Waals surface area contributed by atoms with E-state index in [0.29, 0.717) is 5.69 Å². The number of hydrazine groups is 1. The van der Waals surface area contributed by atoms with Crippen molar-refractivity contribution in [3.8, 4) is 0 Å². The van der Waals surface area contributed by atoms with E-state index in [9.17, 15) is 18.5 Å². The minimum absolute atomic E-state index is 0.0697. The van der Waals surface area contributed by atoms with Gasteiger partial charge < -0.3 is 10.4 Å². The largest absolute Gasteiger partial charge is 0.347 e. The number of nitrogen functional groups attached to an aromatic ring is 1. The van der Waals surface area contributed by atoms with Crippen molar-refractivity contribution < 1.29 is 13.3 Å². The number of nitro benzene ring substituents is 1. The number of rotatable bonds is 6. The van der Waals surface area contributed by atoms with Gasteiger partial charge in [-0.25, -0.2) is 18.1 Å². The molecule has 10 nitrogen and oxygen atoms in total. The summed E-state index contributed by atoms with van der Waals surface area (Å²) < 4.78 is 26.7. The molecule has 11 heteroatoms. The van der Waals surface area contributed by atoms with Gasteiger partial charge in [-0.2, -0.15) is 0 Å². The molecular formula is C10H12N6O4S. The molecule has 2 rings (SSSR count). The van der Waals surface area contributed by atoms with Crippen LogP contribution in [-0.2, 0) is 16.6 Å². The Morgan fingerprint density at radius 2 is 2.19 bits per heavy atom. The maximum atomic E-state index is 12.2. The van der Waals surface area contributed by atoms with Gasteiger partial charge in [0.2, 0.25) is 10.0 Å². The monoisotopic (exact) mass is 312 g/mol. The number of aromatic nitrogens is 2. The second-order valence-corrected chi connectivity index (χ2v) is 5.69. The number of benzene rings is 1. The van der Waals surface area contributed by atoms with Gasteiger partial charge in [-0.1, -0.05) is 6.07 Å². The van der Waals surface area contributed by atoms with E-state index in [1.54, 1.807) is 0 Å². The Morgan fingerprint density at radius 3 is 2.76 bits per heavy atom. The van der Waals surface area contributed by atoms with Gasteiger partial charge in [0.1, 0.15) is 5.69 Å². The average molecular weight is 312 g/mol. The second-order valence-electron chi connectivity index (χ2n) is 3.96. The van der Waals surface area contributed by atoms with Crippen LogP contribution < -0.4 is 16.0 Å². The van der Waals surface area contributed by atoms with E-state index >= 15 is 0 Å². The lowest BCUT2D eigenvalue weighted by atomic mass is 10.3. The summed E-state index contributed by atoms with van der Waals surface area (Å²) in [5.41, 5.74) is 1.92. The van der Waals surface area contributed by atoms with Gasteiger partial charge in [-0.3, -0.25) is 16.0 Å². The third kappa shape index (κ3) is 3.16. The third-order valence-corrected chi connectivity index (χ3v) is 4.07. The molecule has 2 aromatic rings. The van der Waals surface area contributed by atoms with Crippen molar-refractivity contribution in [2.45, 2.75) is 11.4 Å². The number of aromatic amines is 1. The molecule has 21 heavy (non-hydrogen) atoms. The molecule has 0 saturated carbocycles. The first-order valence-corrected chi connectivity index (χ1v) is 7.15. The van der Waals surface area contributed by atoms with Crippen molar-refractivity contribution >= 4 is 21.4 Å². The molecule has 0 atom stereocenters. The summed E-state index contributed by atoms with van der Waals surface area (Å²) in [7, 11) is -4.08. The lowest BCUT2D eigenvalue weighted by Gasteiger charge is -2.09. The molecule has 0 saturated heterocycles. The van der Waals surface area contributed by atoms with Gasteiger partial charge in [0.05, 0.1) is 17.8 Å². The highest BCUT2D eigenvalue weighted by atomic mass is 32.2. The number of nitro groups is 1. The van der Waals surface area contributed by atoms with Crippen LogP contribution in [0.25, 0.3) is 0 Å². The maximum Gasteiger partial charge on any atom is 0.313 e. The van der Waals surface area contributed by atoms with Crippen molar-refractivity contribution in [1.29, 1.82) is 0 Å². The number of para-hydroxylation sites is 1. The number of anilines is 1. The zero-order valence-corrected chi connectivity index (χ0v) is 11.4. The van der Waals surface area contributed by atoms with Gasteiger partial charge in [0.25, 0.3) is 0 Å². The summed E-state index contributed by atoms with van der Waals surface area (Å²) in [5, 5.41) is 11.1. The Bertz CT molecular complexity index is 743. The Morgan fingerprint density at radius 1 is 1.43 bits per heavy atom. The molecule has 1 aromatic carbocycles. The highest BCUT2D eigenvalue weighted by Crippen LogP contribution is 2.31. The van der Waals surface area contributed by atoms with Crippen molar-refractivity contribution in [1.82, 2.24) is 14.7 Å². The number of sulfonamides is 1. The molecule has 0 unspecified atom stereocenters. The molecule has 0 amide bonds. The predicted molar refractivity (Wildman–Crippen MR) is 73.5 cm³/mol. The van der Waals surface area contributed by atoms with Gasteiger partial charge in [0.15, 0.2) is 4.90 Å². The Labute approximate surface area is 119 Å². The Balaban J connectivity index is 2.37. The second kappa shape index (κ2) is 5.87. The predicted octanol–water partition coefficient (Wildman–Crippen LogP) is 0.0820. The SMILES string of the molecule is NNc1cccc(S(=O)(=O)NCc2cnc[nH]2)c1[N+](=O)[O-]. The summed E-state index contributed by atoms with van der Waals surface area (Å²) in [6, 6.07) is 3.80. The average Bonchev–Trinajstić information content (AvgIpc) is 2.97. The van der Waals surface area contributed by atoms with Gasteiger partial charge in [-0.05, 0) is 12.1 Å². The summed E-state index contributed by atoms with van der Waals surface area (Å²) in [4.78, 5) is 16.3. The quantitative estimate of drug-likeness (QED) is 0.334. The van der Waals surface area contributed by atoms with Crippen LogP contribution in [0.2, 0.25) is 0 Å². The minimum atomic E-state index is -4.08. The molecule has 0 fully saturated rings.